The van der Waals surface area contributed by atoms with Crippen LogP contribution in [0.4, 0.5) is 0 Å². The third kappa shape index (κ3) is 2.91. The molecule has 1 N–H and O–H groups in total. The van der Waals surface area contributed by atoms with E-state index in [1.165, 1.54) is 18.0 Å². The molecule has 0 aliphatic carbocycles. The summed E-state index contributed by atoms with van der Waals surface area (Å²) in [7, 11) is 0. The lowest BCUT2D eigenvalue weighted by atomic mass is 10.2. The molecule has 3 aromatic rings. The SMILES string of the molecule is O=C(O)c1cc(Sc2nccc3c(Br)cccc23)ccn1. The molecule has 0 aliphatic rings. The van der Waals surface area contributed by atoms with Gasteiger partial charge in [0.25, 0.3) is 0 Å². The number of aromatic nitrogens is 2. The summed E-state index contributed by atoms with van der Waals surface area (Å²) in [6, 6.07) is 11.2. The number of carboxylic acids is 1. The number of hydrogen-bond acceptors (Lipinski definition) is 4. The Hall–Kier alpha value is -1.92. The minimum absolute atomic E-state index is 0.0291. The van der Waals surface area contributed by atoms with Gasteiger partial charge in [-0.15, -0.1) is 0 Å². The molecule has 0 unspecified atom stereocenters. The van der Waals surface area contributed by atoms with Crippen molar-refractivity contribution in [2.75, 3.05) is 0 Å². The number of pyridine rings is 2. The van der Waals surface area contributed by atoms with Crippen molar-refractivity contribution in [3.8, 4) is 0 Å². The zero-order valence-electron chi connectivity index (χ0n) is 10.7. The summed E-state index contributed by atoms with van der Waals surface area (Å²) in [4.78, 5) is 20.0. The maximum Gasteiger partial charge on any atom is 0.354 e. The molecule has 6 heteroatoms. The highest BCUT2D eigenvalue weighted by atomic mass is 79.9. The van der Waals surface area contributed by atoms with E-state index in [4.69, 9.17) is 5.11 Å². The van der Waals surface area contributed by atoms with Crippen LogP contribution in [0.2, 0.25) is 0 Å². The molecule has 0 spiro atoms. The van der Waals surface area contributed by atoms with E-state index < -0.39 is 5.97 Å². The van der Waals surface area contributed by atoms with Crippen molar-refractivity contribution in [2.45, 2.75) is 9.92 Å². The summed E-state index contributed by atoms with van der Waals surface area (Å²) < 4.78 is 1.00. The molecule has 0 saturated heterocycles. The number of aromatic carboxylic acids is 1. The van der Waals surface area contributed by atoms with Crippen LogP contribution in [0.25, 0.3) is 10.8 Å². The van der Waals surface area contributed by atoms with Crippen molar-refractivity contribution in [1.82, 2.24) is 9.97 Å². The zero-order valence-corrected chi connectivity index (χ0v) is 13.1. The van der Waals surface area contributed by atoms with E-state index in [9.17, 15) is 4.79 Å². The lowest BCUT2D eigenvalue weighted by molar-refractivity contribution is 0.0690. The molecule has 0 radical (unpaired) electrons. The maximum atomic E-state index is 11.0. The highest BCUT2D eigenvalue weighted by Gasteiger charge is 2.09. The van der Waals surface area contributed by atoms with Crippen molar-refractivity contribution >= 4 is 44.4 Å². The van der Waals surface area contributed by atoms with Gasteiger partial charge in [0.05, 0.1) is 0 Å². The average molecular weight is 361 g/mol. The third-order valence-corrected chi connectivity index (χ3v) is 4.58. The van der Waals surface area contributed by atoms with Crippen LogP contribution in [0.1, 0.15) is 10.5 Å². The van der Waals surface area contributed by atoms with Gasteiger partial charge < -0.3 is 5.11 Å². The summed E-state index contributed by atoms with van der Waals surface area (Å²) in [5, 5.41) is 11.9. The van der Waals surface area contributed by atoms with E-state index in [-0.39, 0.29) is 5.69 Å². The molecule has 0 amide bonds. The highest BCUT2D eigenvalue weighted by molar-refractivity contribution is 9.10. The molecule has 21 heavy (non-hydrogen) atoms. The van der Waals surface area contributed by atoms with Gasteiger partial charge >= 0.3 is 5.97 Å². The van der Waals surface area contributed by atoms with E-state index in [1.54, 1.807) is 18.3 Å². The minimum Gasteiger partial charge on any atom is -0.477 e. The van der Waals surface area contributed by atoms with Crippen molar-refractivity contribution < 1.29 is 9.90 Å². The number of rotatable bonds is 3. The van der Waals surface area contributed by atoms with Gasteiger partial charge in [-0.25, -0.2) is 14.8 Å². The first-order valence-electron chi connectivity index (χ1n) is 6.05. The quantitative estimate of drug-likeness (QED) is 0.756. The number of benzene rings is 1. The molecule has 0 fully saturated rings. The molecule has 2 heterocycles. The maximum absolute atomic E-state index is 11.0. The Bertz CT molecular complexity index is 839. The molecule has 2 aromatic heterocycles. The van der Waals surface area contributed by atoms with Gasteiger partial charge in [0.1, 0.15) is 10.7 Å². The number of hydrogen-bond donors (Lipinski definition) is 1. The Morgan fingerprint density at radius 2 is 1.90 bits per heavy atom. The van der Waals surface area contributed by atoms with Gasteiger partial charge in [-0.05, 0) is 24.3 Å². The van der Waals surface area contributed by atoms with Crippen LogP contribution in [0.15, 0.2) is 63.2 Å². The standard InChI is InChI=1S/C15H9BrN2O2S/c16-12-3-1-2-11-10(12)5-7-18-14(11)21-9-4-6-17-13(8-9)15(19)20/h1-8H,(H,19,20). The fraction of sp³-hybridized carbons (Fsp3) is 0. The lowest BCUT2D eigenvalue weighted by Gasteiger charge is -2.06. The van der Waals surface area contributed by atoms with Crippen LogP contribution in [0.3, 0.4) is 0 Å². The van der Waals surface area contributed by atoms with Crippen LogP contribution in [0.5, 0.6) is 0 Å². The second kappa shape index (κ2) is 5.83. The normalized spacial score (nSPS) is 10.7. The van der Waals surface area contributed by atoms with Gasteiger partial charge in [-0.1, -0.05) is 39.8 Å². The second-order valence-corrected chi connectivity index (χ2v) is 6.15. The number of halogens is 1. The molecule has 0 bridgehead atoms. The summed E-state index contributed by atoms with van der Waals surface area (Å²) >= 11 is 4.94. The third-order valence-electron chi connectivity index (χ3n) is 2.88. The first kappa shape index (κ1) is 14.0. The number of carbonyl (C=O) groups is 1. The molecule has 104 valence electrons. The van der Waals surface area contributed by atoms with Gasteiger partial charge in [0, 0.05) is 32.5 Å². The zero-order chi connectivity index (χ0) is 14.8. The average Bonchev–Trinajstić information content (AvgIpc) is 2.49. The highest BCUT2D eigenvalue weighted by Crippen LogP contribution is 2.34. The Balaban J connectivity index is 2.04. The van der Waals surface area contributed by atoms with Crippen LogP contribution >= 0.6 is 27.7 Å². The van der Waals surface area contributed by atoms with Gasteiger partial charge in [-0.3, -0.25) is 0 Å². The minimum atomic E-state index is -1.04. The van der Waals surface area contributed by atoms with Crippen molar-refractivity contribution in [1.29, 1.82) is 0 Å². The fourth-order valence-corrected chi connectivity index (χ4v) is 3.35. The van der Waals surface area contributed by atoms with Crippen LogP contribution < -0.4 is 0 Å². The largest absolute Gasteiger partial charge is 0.477 e. The molecular weight excluding hydrogens is 352 g/mol. The first-order chi connectivity index (χ1) is 10.1. The molecule has 4 nitrogen and oxygen atoms in total. The topological polar surface area (TPSA) is 63.1 Å². The predicted octanol–water partition coefficient (Wildman–Crippen LogP) is 4.24. The summed E-state index contributed by atoms with van der Waals surface area (Å²) in [5.74, 6) is -1.04. The summed E-state index contributed by atoms with van der Waals surface area (Å²) in [6.07, 6.45) is 3.24. The molecule has 1 aromatic carbocycles. The summed E-state index contributed by atoms with van der Waals surface area (Å²) in [5.41, 5.74) is 0.0291. The van der Waals surface area contributed by atoms with Crippen molar-refractivity contribution in [3.63, 3.8) is 0 Å². The van der Waals surface area contributed by atoms with Crippen molar-refractivity contribution in [2.24, 2.45) is 0 Å². The van der Waals surface area contributed by atoms with Crippen LogP contribution in [-0.4, -0.2) is 21.0 Å². The van der Waals surface area contributed by atoms with Crippen LogP contribution in [-0.2, 0) is 0 Å². The van der Waals surface area contributed by atoms with E-state index in [0.29, 0.717) is 0 Å². The molecular formula is C15H9BrN2O2S. The lowest BCUT2D eigenvalue weighted by Crippen LogP contribution is -1.99. The Kier molecular flexibility index (Phi) is 3.90. The molecule has 0 atom stereocenters. The molecule has 3 rings (SSSR count). The van der Waals surface area contributed by atoms with E-state index in [1.807, 2.05) is 24.3 Å². The Morgan fingerprint density at radius 3 is 2.71 bits per heavy atom. The van der Waals surface area contributed by atoms with Gasteiger partial charge in [0.15, 0.2) is 0 Å². The smallest absolute Gasteiger partial charge is 0.354 e. The fourth-order valence-electron chi connectivity index (χ4n) is 1.93. The summed E-state index contributed by atoms with van der Waals surface area (Å²) in [6.45, 7) is 0. The Morgan fingerprint density at radius 1 is 1.10 bits per heavy atom. The first-order valence-corrected chi connectivity index (χ1v) is 7.66. The predicted molar refractivity (Wildman–Crippen MR) is 84.8 cm³/mol. The van der Waals surface area contributed by atoms with E-state index >= 15 is 0 Å². The molecule has 0 saturated carbocycles. The van der Waals surface area contributed by atoms with Gasteiger partial charge in [0.2, 0.25) is 0 Å². The van der Waals surface area contributed by atoms with Gasteiger partial charge in [-0.2, -0.15) is 0 Å². The van der Waals surface area contributed by atoms with Crippen LogP contribution in [0, 0.1) is 0 Å². The van der Waals surface area contributed by atoms with E-state index in [2.05, 4.69) is 25.9 Å². The van der Waals surface area contributed by atoms with Crippen molar-refractivity contribution in [3.05, 3.63) is 59.0 Å². The molecule has 0 aliphatic heterocycles. The monoisotopic (exact) mass is 360 g/mol. The number of fused-ring (bicyclic) bond motifs is 1. The number of carboxylic acid groups (broad SMARTS) is 1. The Labute approximate surface area is 133 Å². The second-order valence-electron chi connectivity index (χ2n) is 4.24. The number of nitrogens with zero attached hydrogens (tertiary/aromatic N) is 2. The van der Waals surface area contributed by atoms with E-state index in [0.717, 1.165) is 25.2 Å².